The van der Waals surface area contributed by atoms with E-state index in [1.807, 2.05) is 0 Å². The number of hydrogen-bond donors (Lipinski definition) is 4. The third-order valence-electron chi connectivity index (χ3n) is 2.06. The zero-order chi connectivity index (χ0) is 14.5. The van der Waals surface area contributed by atoms with Gasteiger partial charge in [-0.1, -0.05) is 12.1 Å². The van der Waals surface area contributed by atoms with E-state index in [2.05, 4.69) is 5.32 Å². The monoisotopic (exact) mass is 274 g/mol. The van der Waals surface area contributed by atoms with Gasteiger partial charge >= 0.3 is 12.2 Å². The van der Waals surface area contributed by atoms with Crippen molar-refractivity contribution in [2.75, 3.05) is 11.9 Å². The second kappa shape index (κ2) is 6.07. The lowest BCUT2D eigenvalue weighted by atomic mass is 10.1. The summed E-state index contributed by atoms with van der Waals surface area (Å²) in [6, 6.07) is 5.36. The van der Waals surface area contributed by atoms with Crippen LogP contribution in [0.1, 0.15) is 5.56 Å². The van der Waals surface area contributed by atoms with E-state index in [0.29, 0.717) is 5.69 Å². The molecule has 19 heavy (non-hydrogen) atoms. The minimum Gasteiger partial charge on any atom is -0.387 e. The quantitative estimate of drug-likeness (QED) is 0.498. The average Bonchev–Trinajstić information content (AvgIpc) is 2.28. The van der Waals surface area contributed by atoms with Gasteiger partial charge in [-0.05, 0) is 17.7 Å². The molecule has 0 saturated heterocycles. The molecule has 5 nitrogen and oxygen atoms in total. The molecule has 1 aromatic rings. The second-order valence-electron chi connectivity index (χ2n) is 3.82. The molecule has 1 aromatic carbocycles. The molecule has 8 heteroatoms. The molecule has 5 N–H and O–H groups in total. The Bertz CT molecular complexity index is 456. The fourth-order valence-corrected chi connectivity index (χ4v) is 1.28. The summed E-state index contributed by atoms with van der Waals surface area (Å²) >= 11 is 0. The fraction of sp³-hybridized carbons (Fsp3) is 0.273. The number of carbonyl (C=O) groups is 1. The highest BCUT2D eigenvalue weighted by Crippen LogP contribution is 2.13. The smallest absolute Gasteiger partial charge is 0.387 e. The number of anilines is 1. The van der Waals surface area contributed by atoms with Gasteiger partial charge in [0.05, 0.1) is 5.84 Å². The van der Waals surface area contributed by atoms with Crippen molar-refractivity contribution in [1.82, 2.24) is 5.32 Å². The molecule has 0 aliphatic rings. The molecule has 0 unspecified atom stereocenters. The number of benzene rings is 1. The third kappa shape index (κ3) is 6.29. The number of halogens is 3. The predicted molar refractivity (Wildman–Crippen MR) is 65.1 cm³/mol. The largest absolute Gasteiger partial charge is 0.405 e. The summed E-state index contributed by atoms with van der Waals surface area (Å²) in [6.45, 7) is -1.39. The highest BCUT2D eigenvalue weighted by molar-refractivity contribution is 5.89. The minimum atomic E-state index is -4.44. The van der Waals surface area contributed by atoms with E-state index < -0.39 is 18.8 Å². The van der Waals surface area contributed by atoms with E-state index in [-0.39, 0.29) is 12.3 Å². The molecular weight excluding hydrogens is 261 g/mol. The molecule has 1 rings (SSSR count). The lowest BCUT2D eigenvalue weighted by molar-refractivity contribution is -0.122. The van der Waals surface area contributed by atoms with E-state index in [0.717, 1.165) is 5.56 Å². The van der Waals surface area contributed by atoms with E-state index in [1.165, 1.54) is 12.1 Å². The Hall–Kier alpha value is -2.25. The summed E-state index contributed by atoms with van der Waals surface area (Å²) < 4.78 is 35.6. The molecule has 0 saturated carbocycles. The highest BCUT2D eigenvalue weighted by atomic mass is 19.4. The van der Waals surface area contributed by atoms with Gasteiger partial charge in [-0.25, -0.2) is 4.79 Å². The summed E-state index contributed by atoms with van der Waals surface area (Å²) in [5, 5.41) is 11.1. The van der Waals surface area contributed by atoms with Crippen LogP contribution in [0.15, 0.2) is 24.3 Å². The molecule has 0 fully saturated rings. The number of carbonyl (C=O) groups excluding carboxylic acids is 1. The van der Waals surface area contributed by atoms with E-state index in [1.54, 1.807) is 17.4 Å². The van der Waals surface area contributed by atoms with Crippen LogP contribution in [0.25, 0.3) is 0 Å². The van der Waals surface area contributed by atoms with Crippen molar-refractivity contribution < 1.29 is 18.0 Å². The lowest BCUT2D eigenvalue weighted by Gasteiger charge is -2.10. The Morgan fingerprint density at radius 2 is 1.84 bits per heavy atom. The maximum atomic E-state index is 11.9. The summed E-state index contributed by atoms with van der Waals surface area (Å²) in [5.41, 5.74) is 6.35. The van der Waals surface area contributed by atoms with Crippen LogP contribution in [0.2, 0.25) is 0 Å². The van der Waals surface area contributed by atoms with E-state index in [4.69, 9.17) is 11.1 Å². The summed E-state index contributed by atoms with van der Waals surface area (Å²) in [4.78, 5) is 11.1. The molecule has 0 bridgehead atoms. The highest BCUT2D eigenvalue weighted by Gasteiger charge is 2.27. The Labute approximate surface area is 107 Å². The molecule has 0 atom stereocenters. The number of rotatable bonds is 4. The lowest BCUT2D eigenvalue weighted by Crippen LogP contribution is -2.36. The molecular formula is C11H13F3N4O. The Balaban J connectivity index is 2.49. The fourth-order valence-electron chi connectivity index (χ4n) is 1.28. The van der Waals surface area contributed by atoms with Crippen molar-refractivity contribution in [3.8, 4) is 0 Å². The van der Waals surface area contributed by atoms with Crippen molar-refractivity contribution in [2.24, 2.45) is 5.73 Å². The van der Waals surface area contributed by atoms with Gasteiger partial charge in [0.15, 0.2) is 0 Å². The third-order valence-corrected chi connectivity index (χ3v) is 2.06. The maximum absolute atomic E-state index is 11.9. The molecule has 0 aliphatic heterocycles. The molecule has 0 aromatic heterocycles. The van der Waals surface area contributed by atoms with Gasteiger partial charge in [0.2, 0.25) is 0 Å². The van der Waals surface area contributed by atoms with Crippen LogP contribution in [0, 0.1) is 5.41 Å². The van der Waals surface area contributed by atoms with Crippen LogP contribution in [0.3, 0.4) is 0 Å². The zero-order valence-corrected chi connectivity index (χ0v) is 9.84. The van der Waals surface area contributed by atoms with Crippen LogP contribution >= 0.6 is 0 Å². The summed E-state index contributed by atoms with van der Waals surface area (Å²) in [6.07, 6.45) is -4.16. The Morgan fingerprint density at radius 3 is 2.32 bits per heavy atom. The van der Waals surface area contributed by atoms with E-state index >= 15 is 0 Å². The van der Waals surface area contributed by atoms with Crippen LogP contribution < -0.4 is 16.4 Å². The molecule has 0 spiro atoms. The first-order valence-electron chi connectivity index (χ1n) is 5.30. The van der Waals surface area contributed by atoms with Crippen LogP contribution in [-0.2, 0) is 6.42 Å². The topological polar surface area (TPSA) is 91.0 Å². The second-order valence-corrected chi connectivity index (χ2v) is 3.82. The zero-order valence-electron chi connectivity index (χ0n) is 9.84. The maximum Gasteiger partial charge on any atom is 0.405 e. The Morgan fingerprint density at radius 1 is 1.26 bits per heavy atom. The first kappa shape index (κ1) is 14.8. The van der Waals surface area contributed by atoms with Crippen LogP contribution in [-0.4, -0.2) is 24.6 Å². The SMILES string of the molecule is N=C(N)Cc1ccc(NC(=O)NCC(F)(F)F)cc1. The number of urea groups is 1. The Kier molecular flexibility index (Phi) is 4.74. The van der Waals surface area contributed by atoms with Gasteiger partial charge in [0.1, 0.15) is 6.54 Å². The normalized spacial score (nSPS) is 10.9. The van der Waals surface area contributed by atoms with E-state index in [9.17, 15) is 18.0 Å². The number of alkyl halides is 3. The van der Waals surface area contributed by atoms with Crippen molar-refractivity contribution in [3.63, 3.8) is 0 Å². The van der Waals surface area contributed by atoms with Crippen molar-refractivity contribution in [3.05, 3.63) is 29.8 Å². The van der Waals surface area contributed by atoms with Gasteiger partial charge in [-0.15, -0.1) is 0 Å². The number of amides is 2. The van der Waals surface area contributed by atoms with Gasteiger partial charge in [-0.2, -0.15) is 13.2 Å². The number of amidine groups is 1. The number of nitrogens with one attached hydrogen (secondary N) is 3. The molecule has 0 heterocycles. The van der Waals surface area contributed by atoms with Gasteiger partial charge in [-0.3, -0.25) is 5.41 Å². The number of nitrogens with two attached hydrogens (primary N) is 1. The molecule has 104 valence electrons. The van der Waals surface area contributed by atoms with Crippen molar-refractivity contribution >= 4 is 17.6 Å². The van der Waals surface area contributed by atoms with Crippen molar-refractivity contribution in [1.29, 1.82) is 5.41 Å². The standard InChI is InChI=1S/C11H13F3N4O/c12-11(13,14)6-17-10(19)18-8-3-1-7(2-4-8)5-9(15)16/h1-4H,5-6H2,(H3,15,16)(H2,17,18,19). The molecule has 0 aliphatic carbocycles. The predicted octanol–water partition coefficient (Wildman–Crippen LogP) is 1.85. The average molecular weight is 274 g/mol. The first-order chi connectivity index (χ1) is 8.76. The summed E-state index contributed by atoms with van der Waals surface area (Å²) in [5.74, 6) is 0.00336. The molecule has 0 radical (unpaired) electrons. The summed E-state index contributed by atoms with van der Waals surface area (Å²) in [7, 11) is 0. The van der Waals surface area contributed by atoms with Gasteiger partial charge in [0, 0.05) is 12.1 Å². The van der Waals surface area contributed by atoms with Crippen molar-refractivity contribution in [2.45, 2.75) is 12.6 Å². The van der Waals surface area contributed by atoms with Gasteiger partial charge in [0.25, 0.3) is 0 Å². The first-order valence-corrected chi connectivity index (χ1v) is 5.30. The number of hydrogen-bond acceptors (Lipinski definition) is 2. The van der Waals surface area contributed by atoms with Gasteiger partial charge < -0.3 is 16.4 Å². The van der Waals surface area contributed by atoms with Crippen LogP contribution in [0.5, 0.6) is 0 Å². The van der Waals surface area contributed by atoms with Crippen LogP contribution in [0.4, 0.5) is 23.7 Å². The molecule has 2 amide bonds. The minimum absolute atomic E-state index is 0.00336.